The van der Waals surface area contributed by atoms with E-state index in [0.29, 0.717) is 11.3 Å². The summed E-state index contributed by atoms with van der Waals surface area (Å²) in [4.78, 5) is 13.1. The number of benzene rings is 2. The summed E-state index contributed by atoms with van der Waals surface area (Å²) in [5.74, 6) is -1.67. The number of anilines is 1. The minimum Gasteiger partial charge on any atom is -0.478 e. The Morgan fingerprint density at radius 2 is 1.93 bits per heavy atom. The van der Waals surface area contributed by atoms with E-state index in [2.05, 4.69) is 4.72 Å². The van der Waals surface area contributed by atoms with Crippen molar-refractivity contribution in [1.82, 2.24) is 4.72 Å². The van der Waals surface area contributed by atoms with Gasteiger partial charge in [-0.25, -0.2) is 22.3 Å². The summed E-state index contributed by atoms with van der Waals surface area (Å²) in [6.07, 6.45) is 2.03. The number of sulfonamides is 1. The molecule has 0 unspecified atom stereocenters. The molecule has 0 aliphatic carbocycles. The molecule has 2 aromatic carbocycles. The lowest BCUT2D eigenvalue weighted by Crippen LogP contribution is -2.27. The summed E-state index contributed by atoms with van der Waals surface area (Å²) >= 11 is 0. The zero-order chi connectivity index (χ0) is 19.6. The summed E-state index contributed by atoms with van der Waals surface area (Å²) in [5, 5.41) is 9.19. The van der Waals surface area contributed by atoms with Crippen molar-refractivity contribution in [2.75, 3.05) is 18.0 Å². The van der Waals surface area contributed by atoms with E-state index in [1.807, 2.05) is 4.90 Å². The second kappa shape index (κ2) is 7.66. The van der Waals surface area contributed by atoms with E-state index in [4.69, 9.17) is 0 Å². The number of aromatic carboxylic acids is 1. The lowest BCUT2D eigenvalue weighted by Gasteiger charge is -2.22. The van der Waals surface area contributed by atoms with Crippen LogP contribution in [0.4, 0.5) is 10.1 Å². The van der Waals surface area contributed by atoms with Gasteiger partial charge >= 0.3 is 5.97 Å². The molecular weight excluding hydrogens is 371 g/mol. The first kappa shape index (κ1) is 19.3. The Bertz CT molecular complexity index is 970. The molecule has 0 saturated carbocycles. The van der Waals surface area contributed by atoms with Gasteiger partial charge in [0.25, 0.3) is 0 Å². The third-order valence-electron chi connectivity index (χ3n) is 4.73. The summed E-state index contributed by atoms with van der Waals surface area (Å²) in [7, 11) is -3.99. The number of halogens is 1. The molecule has 3 rings (SSSR count). The predicted octanol–water partition coefficient (Wildman–Crippen LogP) is 2.91. The lowest BCUT2D eigenvalue weighted by atomic mass is 10.1. The average molecular weight is 392 g/mol. The van der Waals surface area contributed by atoms with Gasteiger partial charge in [0.15, 0.2) is 0 Å². The van der Waals surface area contributed by atoms with Gasteiger partial charge in [0.05, 0.1) is 10.5 Å². The number of nitrogens with zero attached hydrogens (tertiary/aromatic N) is 1. The second-order valence-electron chi connectivity index (χ2n) is 6.54. The van der Waals surface area contributed by atoms with Crippen molar-refractivity contribution in [3.05, 3.63) is 58.9 Å². The molecule has 0 spiro atoms. The van der Waals surface area contributed by atoms with E-state index in [1.165, 1.54) is 18.2 Å². The molecule has 8 heteroatoms. The van der Waals surface area contributed by atoms with Crippen LogP contribution in [-0.4, -0.2) is 32.6 Å². The van der Waals surface area contributed by atoms with E-state index in [9.17, 15) is 22.7 Å². The van der Waals surface area contributed by atoms with Crippen molar-refractivity contribution >= 4 is 21.7 Å². The number of carboxylic acids is 1. The minimum atomic E-state index is -3.99. The maximum atomic E-state index is 14.4. The van der Waals surface area contributed by atoms with Crippen LogP contribution >= 0.6 is 0 Å². The van der Waals surface area contributed by atoms with Gasteiger partial charge in [-0.15, -0.1) is 0 Å². The zero-order valence-electron chi connectivity index (χ0n) is 14.9. The largest absolute Gasteiger partial charge is 0.478 e. The minimum absolute atomic E-state index is 0.0819. The van der Waals surface area contributed by atoms with E-state index in [-0.39, 0.29) is 22.6 Å². The Morgan fingerprint density at radius 1 is 1.22 bits per heavy atom. The first-order valence-corrected chi connectivity index (χ1v) is 10.1. The van der Waals surface area contributed by atoms with Crippen molar-refractivity contribution in [3.63, 3.8) is 0 Å². The van der Waals surface area contributed by atoms with Gasteiger partial charge in [0.2, 0.25) is 10.0 Å². The molecule has 0 radical (unpaired) electrons. The zero-order valence-corrected chi connectivity index (χ0v) is 15.7. The molecule has 1 saturated heterocycles. The number of rotatable bonds is 6. The van der Waals surface area contributed by atoms with Crippen LogP contribution in [0.5, 0.6) is 0 Å². The third kappa shape index (κ3) is 4.12. The van der Waals surface area contributed by atoms with Gasteiger partial charge in [-0.05, 0) is 49.6 Å². The fourth-order valence-electron chi connectivity index (χ4n) is 3.23. The number of nitrogens with one attached hydrogen (secondary N) is 1. The van der Waals surface area contributed by atoms with Crippen LogP contribution in [0.25, 0.3) is 0 Å². The van der Waals surface area contributed by atoms with Crippen LogP contribution in [0, 0.1) is 12.7 Å². The van der Waals surface area contributed by atoms with Gasteiger partial charge in [-0.1, -0.05) is 12.1 Å². The van der Waals surface area contributed by atoms with Crippen LogP contribution < -0.4 is 9.62 Å². The Hall–Kier alpha value is -2.45. The topological polar surface area (TPSA) is 86.7 Å². The molecule has 0 bridgehead atoms. The monoisotopic (exact) mass is 392 g/mol. The van der Waals surface area contributed by atoms with Crippen molar-refractivity contribution in [3.8, 4) is 0 Å². The summed E-state index contributed by atoms with van der Waals surface area (Å²) in [6, 6.07) is 8.59. The Labute approximate surface area is 157 Å². The highest BCUT2D eigenvalue weighted by Crippen LogP contribution is 2.27. The van der Waals surface area contributed by atoms with Crippen molar-refractivity contribution < 1.29 is 22.7 Å². The lowest BCUT2D eigenvalue weighted by molar-refractivity contribution is 0.0696. The van der Waals surface area contributed by atoms with Gasteiger partial charge in [0.1, 0.15) is 5.82 Å². The molecule has 144 valence electrons. The van der Waals surface area contributed by atoms with E-state index in [0.717, 1.165) is 32.0 Å². The second-order valence-corrected chi connectivity index (χ2v) is 8.31. The molecule has 27 heavy (non-hydrogen) atoms. The van der Waals surface area contributed by atoms with Crippen molar-refractivity contribution in [2.24, 2.45) is 0 Å². The maximum Gasteiger partial charge on any atom is 0.335 e. The van der Waals surface area contributed by atoms with E-state index < -0.39 is 21.8 Å². The number of carboxylic acid groups (broad SMARTS) is 1. The normalized spacial score (nSPS) is 14.5. The van der Waals surface area contributed by atoms with Gasteiger partial charge in [0, 0.05) is 30.9 Å². The van der Waals surface area contributed by atoms with Crippen LogP contribution in [0.2, 0.25) is 0 Å². The Kier molecular flexibility index (Phi) is 5.48. The summed E-state index contributed by atoms with van der Waals surface area (Å²) in [5.41, 5.74) is 1.35. The molecule has 2 N–H and O–H groups in total. The molecule has 6 nitrogen and oxygen atoms in total. The molecular formula is C19H21FN2O4S. The highest BCUT2D eigenvalue weighted by molar-refractivity contribution is 7.89. The summed E-state index contributed by atoms with van der Waals surface area (Å²) in [6.45, 7) is 3.00. The van der Waals surface area contributed by atoms with Gasteiger partial charge in [-0.3, -0.25) is 0 Å². The van der Waals surface area contributed by atoms with Crippen molar-refractivity contribution in [1.29, 1.82) is 0 Å². The number of hydrogen-bond donors (Lipinski definition) is 2. The standard InChI is InChI=1S/C19H21FN2O4S/c1-13-7-8-14(11-15(13)19(23)24)27(25,26)21-12-16-17(20)5-4-6-18(16)22-9-2-3-10-22/h4-8,11,21H,2-3,9-10,12H2,1H3,(H,23,24). The average Bonchev–Trinajstić information content (AvgIpc) is 3.15. The Morgan fingerprint density at radius 3 is 2.59 bits per heavy atom. The summed E-state index contributed by atoms with van der Waals surface area (Å²) < 4.78 is 42.0. The quantitative estimate of drug-likeness (QED) is 0.789. The number of hydrogen-bond acceptors (Lipinski definition) is 4. The first-order valence-electron chi connectivity index (χ1n) is 8.65. The van der Waals surface area contributed by atoms with Crippen LogP contribution in [0.1, 0.15) is 34.3 Å². The molecule has 0 atom stereocenters. The molecule has 0 aromatic heterocycles. The fraction of sp³-hybridized carbons (Fsp3) is 0.316. The van der Waals surface area contributed by atoms with Crippen LogP contribution in [-0.2, 0) is 16.6 Å². The molecule has 2 aromatic rings. The smallest absolute Gasteiger partial charge is 0.335 e. The SMILES string of the molecule is Cc1ccc(S(=O)(=O)NCc2c(F)cccc2N2CCCC2)cc1C(=O)O. The Balaban J connectivity index is 1.86. The van der Waals surface area contributed by atoms with E-state index >= 15 is 0 Å². The maximum absolute atomic E-state index is 14.4. The predicted molar refractivity (Wildman–Crippen MR) is 100 cm³/mol. The van der Waals surface area contributed by atoms with Gasteiger partial charge < -0.3 is 10.0 Å². The fourth-order valence-corrected chi connectivity index (χ4v) is 4.25. The van der Waals surface area contributed by atoms with Crippen LogP contribution in [0.3, 0.4) is 0 Å². The molecule has 0 amide bonds. The van der Waals surface area contributed by atoms with E-state index in [1.54, 1.807) is 19.1 Å². The highest BCUT2D eigenvalue weighted by Gasteiger charge is 2.22. The molecule has 1 aliphatic rings. The van der Waals surface area contributed by atoms with Crippen molar-refractivity contribution in [2.45, 2.75) is 31.2 Å². The number of carbonyl (C=O) groups is 1. The number of aryl methyl sites for hydroxylation is 1. The molecule has 1 heterocycles. The third-order valence-corrected chi connectivity index (χ3v) is 6.13. The first-order chi connectivity index (χ1) is 12.8. The van der Waals surface area contributed by atoms with Gasteiger partial charge in [-0.2, -0.15) is 0 Å². The molecule has 1 fully saturated rings. The molecule has 1 aliphatic heterocycles. The van der Waals surface area contributed by atoms with Crippen LogP contribution in [0.15, 0.2) is 41.3 Å². The highest BCUT2D eigenvalue weighted by atomic mass is 32.2.